The number of hydrogen-bond donors (Lipinski definition) is 4. The molecule has 4 N–H and O–H groups in total. The lowest BCUT2D eigenvalue weighted by Crippen LogP contribution is -2.49. The molecule has 0 saturated carbocycles. The van der Waals surface area contributed by atoms with E-state index in [2.05, 4.69) is 30.9 Å². The van der Waals surface area contributed by atoms with E-state index in [1.54, 1.807) is 35.4 Å². The maximum absolute atomic E-state index is 13.7. The molecule has 10 nitrogen and oxygen atoms in total. The second-order valence-corrected chi connectivity index (χ2v) is 10.2. The van der Waals surface area contributed by atoms with Gasteiger partial charge in [-0.05, 0) is 53.5 Å². The van der Waals surface area contributed by atoms with Gasteiger partial charge in [0.25, 0.3) is 5.91 Å². The van der Waals surface area contributed by atoms with E-state index in [1.165, 1.54) is 12.3 Å². The second kappa shape index (κ2) is 12.7. The van der Waals surface area contributed by atoms with Crippen molar-refractivity contribution in [2.45, 2.75) is 25.9 Å². The summed E-state index contributed by atoms with van der Waals surface area (Å²) in [6.07, 6.45) is 3.61. The number of allylic oxidation sites excluding steroid dienone is 4. The number of amidine groups is 1. The van der Waals surface area contributed by atoms with Crippen LogP contribution in [0.25, 0.3) is 0 Å². The molecule has 224 valence electrons. The van der Waals surface area contributed by atoms with Crippen molar-refractivity contribution in [1.82, 2.24) is 15.5 Å². The molecule has 43 heavy (non-hydrogen) atoms. The minimum atomic E-state index is -4.65. The largest absolute Gasteiger partial charge is 0.433 e. The predicted octanol–water partition coefficient (Wildman–Crippen LogP) is 3.37. The van der Waals surface area contributed by atoms with Crippen LogP contribution in [0.3, 0.4) is 0 Å². The molecule has 0 atom stereocenters. The maximum atomic E-state index is 13.7. The molecule has 0 aromatic heterocycles. The van der Waals surface area contributed by atoms with Crippen LogP contribution in [-0.4, -0.2) is 85.1 Å². The van der Waals surface area contributed by atoms with Crippen molar-refractivity contribution in [2.24, 2.45) is 15.0 Å². The van der Waals surface area contributed by atoms with Gasteiger partial charge in [-0.1, -0.05) is 13.0 Å². The molecule has 0 unspecified atom stereocenters. The molecule has 1 fully saturated rings. The number of aryl methyl sites for hydroxylation is 1. The summed E-state index contributed by atoms with van der Waals surface area (Å²) in [4.78, 5) is 39.6. The Balaban J connectivity index is 1.32. The van der Waals surface area contributed by atoms with Crippen LogP contribution in [0.1, 0.15) is 29.3 Å². The number of amides is 2. The summed E-state index contributed by atoms with van der Waals surface area (Å²) in [7, 11) is 0. The highest BCUT2D eigenvalue weighted by molar-refractivity contribution is 6.51. The predicted molar refractivity (Wildman–Crippen MR) is 160 cm³/mol. The molecule has 4 aliphatic heterocycles. The van der Waals surface area contributed by atoms with E-state index in [9.17, 15) is 22.8 Å². The van der Waals surface area contributed by atoms with Gasteiger partial charge in [0.1, 0.15) is 11.4 Å². The number of hydrogen-bond acceptors (Lipinski definition) is 8. The van der Waals surface area contributed by atoms with Crippen LogP contribution in [0.4, 0.5) is 18.9 Å². The summed E-state index contributed by atoms with van der Waals surface area (Å²) >= 11 is 0. The van der Waals surface area contributed by atoms with Crippen LogP contribution in [0, 0.1) is 5.41 Å². The molecule has 1 aromatic rings. The number of nitrogens with one attached hydrogen (secondary N) is 4. The fourth-order valence-corrected chi connectivity index (χ4v) is 5.13. The van der Waals surface area contributed by atoms with Gasteiger partial charge >= 0.3 is 6.18 Å². The van der Waals surface area contributed by atoms with Crippen molar-refractivity contribution in [3.8, 4) is 0 Å². The molecule has 0 spiro atoms. The fourth-order valence-electron chi connectivity index (χ4n) is 5.13. The third-order valence-electron chi connectivity index (χ3n) is 7.31. The van der Waals surface area contributed by atoms with Crippen molar-refractivity contribution in [3.05, 3.63) is 76.7 Å². The van der Waals surface area contributed by atoms with Crippen LogP contribution in [0.2, 0.25) is 0 Å². The molecular weight excluding hydrogens is 561 g/mol. The van der Waals surface area contributed by atoms with Crippen molar-refractivity contribution in [2.75, 3.05) is 44.6 Å². The topological polar surface area (TPSA) is 134 Å². The van der Waals surface area contributed by atoms with E-state index in [0.29, 0.717) is 53.5 Å². The first-order chi connectivity index (χ1) is 20.6. The zero-order valence-electron chi connectivity index (χ0n) is 23.5. The van der Waals surface area contributed by atoms with Gasteiger partial charge in [0.2, 0.25) is 5.91 Å². The fraction of sp³-hybridized carbons (Fsp3) is 0.333. The molecule has 4 aliphatic rings. The van der Waals surface area contributed by atoms with Crippen LogP contribution in [0.5, 0.6) is 0 Å². The number of rotatable bonds is 6. The second-order valence-electron chi connectivity index (χ2n) is 10.2. The molecule has 4 heterocycles. The van der Waals surface area contributed by atoms with Gasteiger partial charge in [-0.3, -0.25) is 19.6 Å². The Morgan fingerprint density at radius 2 is 1.93 bits per heavy atom. The van der Waals surface area contributed by atoms with E-state index >= 15 is 0 Å². The molecule has 1 aromatic carbocycles. The van der Waals surface area contributed by atoms with E-state index in [-0.39, 0.29) is 42.6 Å². The van der Waals surface area contributed by atoms with E-state index < -0.39 is 11.9 Å². The van der Waals surface area contributed by atoms with Crippen LogP contribution in [0.15, 0.2) is 80.5 Å². The summed E-state index contributed by atoms with van der Waals surface area (Å²) in [6.45, 7) is 4.20. The van der Waals surface area contributed by atoms with Crippen molar-refractivity contribution in [3.63, 3.8) is 0 Å². The normalized spacial score (nSPS) is 18.7. The van der Waals surface area contributed by atoms with Crippen molar-refractivity contribution < 1.29 is 22.8 Å². The highest BCUT2D eigenvalue weighted by atomic mass is 19.4. The summed E-state index contributed by atoms with van der Waals surface area (Å²) in [5.41, 5.74) is 2.13. The average molecular weight is 593 g/mol. The Morgan fingerprint density at radius 1 is 1.14 bits per heavy atom. The number of anilines is 1. The SMILES string of the molecule is CCc1cc(NC2=NC=CC=C3CC(C4=CC(=N)CN=C4C(F)(F)F)=CN=C32)ccc1C(=O)NCC(=O)N1CCNCC1. The van der Waals surface area contributed by atoms with Gasteiger partial charge in [-0.25, -0.2) is 4.99 Å². The minimum absolute atomic E-state index is 0.00709. The Bertz CT molecular complexity index is 1560. The maximum Gasteiger partial charge on any atom is 0.433 e. The van der Waals surface area contributed by atoms with Crippen LogP contribution < -0.4 is 16.0 Å². The summed E-state index contributed by atoms with van der Waals surface area (Å²) in [5, 5.41) is 17.0. The van der Waals surface area contributed by atoms with E-state index in [0.717, 1.165) is 18.7 Å². The molecule has 0 bridgehead atoms. The number of benzene rings is 1. The Morgan fingerprint density at radius 3 is 2.67 bits per heavy atom. The molecule has 0 radical (unpaired) electrons. The van der Waals surface area contributed by atoms with Gasteiger partial charge in [0.15, 0.2) is 5.84 Å². The highest BCUT2D eigenvalue weighted by Crippen LogP contribution is 2.33. The summed E-state index contributed by atoms with van der Waals surface area (Å²) in [5.74, 6) is -0.0702. The standard InChI is InChI=1S/C30H31F3N8O2/c1-2-18-13-22(5-6-23(18)29(43)39-17-25(42)41-10-8-35-9-11-41)40-28-26-19(4-3-7-36-28)12-20(15-37-26)24-14-21(34)16-38-27(24)30(31,32)33/h3-7,13-15,34-35H,2,8-12,16-17H2,1H3,(H,36,40)(H,39,43). The highest BCUT2D eigenvalue weighted by Gasteiger charge is 2.41. The van der Waals surface area contributed by atoms with Crippen LogP contribution >= 0.6 is 0 Å². The number of piperazine rings is 1. The molecular formula is C30H31F3N8O2. The molecule has 13 heteroatoms. The van der Waals surface area contributed by atoms with Crippen molar-refractivity contribution in [1.29, 1.82) is 5.41 Å². The Hall–Kier alpha value is -4.65. The number of halogens is 3. The Labute approximate surface area is 246 Å². The number of alkyl halides is 3. The number of dihydropyridines is 1. The average Bonchev–Trinajstić information content (AvgIpc) is 3.20. The number of fused-ring (bicyclic) bond motifs is 1. The molecule has 1 saturated heterocycles. The monoisotopic (exact) mass is 592 g/mol. The summed E-state index contributed by atoms with van der Waals surface area (Å²) in [6, 6.07) is 5.23. The first-order valence-electron chi connectivity index (χ1n) is 13.9. The van der Waals surface area contributed by atoms with Crippen molar-refractivity contribution >= 4 is 40.5 Å². The lowest BCUT2D eigenvalue weighted by molar-refractivity contribution is -0.130. The molecule has 2 amide bonds. The number of aliphatic imine (C=N–C) groups is 3. The third kappa shape index (κ3) is 6.88. The number of carbonyl (C=O) groups is 2. The van der Waals surface area contributed by atoms with E-state index in [4.69, 9.17) is 5.41 Å². The molecule has 5 rings (SSSR count). The van der Waals surface area contributed by atoms with Gasteiger partial charge in [0, 0.05) is 61.8 Å². The van der Waals surface area contributed by atoms with Gasteiger partial charge in [0.05, 0.1) is 18.8 Å². The zero-order valence-corrected chi connectivity index (χ0v) is 23.5. The van der Waals surface area contributed by atoms with Gasteiger partial charge in [-0.15, -0.1) is 0 Å². The molecule has 0 aliphatic carbocycles. The number of nitrogens with zero attached hydrogens (tertiary/aromatic N) is 4. The number of carbonyl (C=O) groups excluding carboxylic acids is 2. The first kappa shape index (κ1) is 29.8. The quantitative estimate of drug-likeness (QED) is 0.403. The van der Waals surface area contributed by atoms with E-state index in [1.807, 2.05) is 13.0 Å². The lowest BCUT2D eigenvalue weighted by Gasteiger charge is -2.27. The third-order valence-corrected chi connectivity index (χ3v) is 7.31. The zero-order chi connectivity index (χ0) is 30.6. The minimum Gasteiger partial charge on any atom is -0.343 e. The summed E-state index contributed by atoms with van der Waals surface area (Å²) < 4.78 is 41.0. The van der Waals surface area contributed by atoms with Gasteiger partial charge in [-0.2, -0.15) is 13.2 Å². The first-order valence-corrected chi connectivity index (χ1v) is 13.9. The lowest BCUT2D eigenvalue weighted by atomic mass is 9.89. The Kier molecular flexibility index (Phi) is 8.81. The smallest absolute Gasteiger partial charge is 0.343 e. The van der Waals surface area contributed by atoms with Gasteiger partial charge < -0.3 is 26.3 Å². The van der Waals surface area contributed by atoms with Crippen LogP contribution in [-0.2, 0) is 11.2 Å².